The number of carbonyl (C=O) groups excluding carboxylic acids is 1. The third-order valence-electron chi connectivity index (χ3n) is 3.19. The van der Waals surface area contributed by atoms with Crippen LogP contribution in [0.15, 0.2) is 0 Å². The highest BCUT2D eigenvalue weighted by Crippen LogP contribution is 2.31. The lowest BCUT2D eigenvalue weighted by atomic mass is 10.1. The average Bonchev–Trinajstić information content (AvgIpc) is 2.74. The van der Waals surface area contributed by atoms with E-state index >= 15 is 0 Å². The van der Waals surface area contributed by atoms with Gasteiger partial charge in [0.25, 0.3) is 0 Å². The fourth-order valence-electron chi connectivity index (χ4n) is 2.20. The first-order valence-corrected chi connectivity index (χ1v) is 6.84. The summed E-state index contributed by atoms with van der Waals surface area (Å²) in [6, 6.07) is 0.353. The number of anilines is 1. The van der Waals surface area contributed by atoms with Gasteiger partial charge < -0.3 is 10.0 Å². The molecule has 5 nitrogen and oxygen atoms in total. The van der Waals surface area contributed by atoms with Gasteiger partial charge in [-0.05, 0) is 26.2 Å². The fourth-order valence-corrected chi connectivity index (χ4v) is 3.28. The molecule has 0 radical (unpaired) electrons. The largest absolute Gasteiger partial charge is 0.476 e. The Morgan fingerprint density at radius 3 is 2.67 bits per heavy atom. The summed E-state index contributed by atoms with van der Waals surface area (Å²) in [5, 5.41) is 9.72. The zero-order valence-corrected chi connectivity index (χ0v) is 11.3. The summed E-state index contributed by atoms with van der Waals surface area (Å²) in [4.78, 5) is 29.0. The van der Waals surface area contributed by atoms with Crippen LogP contribution in [0.5, 0.6) is 0 Å². The van der Waals surface area contributed by atoms with Crippen LogP contribution >= 0.6 is 11.3 Å². The van der Waals surface area contributed by atoms with Gasteiger partial charge in [-0.3, -0.25) is 4.79 Å². The molecule has 0 amide bonds. The van der Waals surface area contributed by atoms with Crippen molar-refractivity contribution in [3.8, 4) is 0 Å². The second-order valence-electron chi connectivity index (χ2n) is 4.57. The van der Waals surface area contributed by atoms with Gasteiger partial charge in [-0.2, -0.15) is 0 Å². The van der Waals surface area contributed by atoms with Crippen LogP contribution in [-0.2, 0) is 0 Å². The molecule has 1 fully saturated rings. The number of piperidine rings is 1. The average molecular weight is 268 g/mol. The van der Waals surface area contributed by atoms with E-state index in [-0.39, 0.29) is 16.4 Å². The summed E-state index contributed by atoms with van der Waals surface area (Å²) in [5.41, 5.74) is -0.111. The van der Waals surface area contributed by atoms with Gasteiger partial charge in [0.2, 0.25) is 0 Å². The Balaban J connectivity index is 2.36. The molecule has 0 aromatic carbocycles. The van der Waals surface area contributed by atoms with Crippen molar-refractivity contribution in [2.45, 2.75) is 39.2 Å². The first-order chi connectivity index (χ1) is 8.50. The number of thiazole rings is 1. The second-order valence-corrected chi connectivity index (χ2v) is 5.55. The molecule has 1 atom stereocenters. The molecule has 0 aliphatic carbocycles. The van der Waals surface area contributed by atoms with E-state index in [1.54, 1.807) is 0 Å². The maximum absolute atomic E-state index is 11.4. The van der Waals surface area contributed by atoms with E-state index in [4.69, 9.17) is 5.11 Å². The zero-order valence-electron chi connectivity index (χ0n) is 10.5. The van der Waals surface area contributed by atoms with Crippen LogP contribution in [0.25, 0.3) is 0 Å². The summed E-state index contributed by atoms with van der Waals surface area (Å²) >= 11 is 1.19. The minimum absolute atomic E-state index is 0.111. The molecule has 1 aliphatic heterocycles. The van der Waals surface area contributed by atoms with Crippen molar-refractivity contribution in [2.24, 2.45) is 0 Å². The lowest BCUT2D eigenvalue weighted by Crippen LogP contribution is -2.37. The third-order valence-corrected chi connectivity index (χ3v) is 4.38. The Labute approximate surface area is 109 Å². The molecular formula is C12H16N2O3S. The Bertz CT molecular complexity index is 452. The van der Waals surface area contributed by atoms with Gasteiger partial charge in [-0.25, -0.2) is 9.78 Å². The van der Waals surface area contributed by atoms with Crippen molar-refractivity contribution in [1.29, 1.82) is 0 Å². The number of aromatic carboxylic acids is 1. The van der Waals surface area contributed by atoms with Gasteiger partial charge in [0.15, 0.2) is 16.6 Å². The van der Waals surface area contributed by atoms with Crippen LogP contribution in [0.2, 0.25) is 0 Å². The quantitative estimate of drug-likeness (QED) is 0.852. The Morgan fingerprint density at radius 2 is 2.17 bits per heavy atom. The molecule has 1 aromatic rings. The minimum atomic E-state index is -1.13. The van der Waals surface area contributed by atoms with Crippen molar-refractivity contribution in [1.82, 2.24) is 4.98 Å². The summed E-state index contributed by atoms with van der Waals surface area (Å²) < 4.78 is 0. The summed E-state index contributed by atoms with van der Waals surface area (Å²) in [6.45, 7) is 4.36. The van der Waals surface area contributed by atoms with Crippen molar-refractivity contribution in [3.63, 3.8) is 0 Å². The SMILES string of the molecule is CC(=O)c1sc(N2CCCCC2C)nc1C(=O)O. The van der Waals surface area contributed by atoms with Gasteiger partial charge in [-0.1, -0.05) is 11.3 Å². The molecule has 1 unspecified atom stereocenters. The molecule has 0 spiro atoms. The Hall–Kier alpha value is -1.43. The number of Topliss-reactive ketones (excluding diaryl/α,β-unsaturated/α-hetero) is 1. The first-order valence-electron chi connectivity index (χ1n) is 6.02. The van der Waals surface area contributed by atoms with Crippen LogP contribution in [0.1, 0.15) is 53.3 Å². The van der Waals surface area contributed by atoms with E-state index in [1.807, 2.05) is 0 Å². The number of hydrogen-bond acceptors (Lipinski definition) is 5. The van der Waals surface area contributed by atoms with Crippen LogP contribution < -0.4 is 4.90 Å². The highest BCUT2D eigenvalue weighted by atomic mass is 32.1. The number of hydrogen-bond donors (Lipinski definition) is 1. The molecule has 6 heteroatoms. The monoisotopic (exact) mass is 268 g/mol. The van der Waals surface area contributed by atoms with E-state index < -0.39 is 5.97 Å². The molecule has 98 valence electrons. The Kier molecular flexibility index (Phi) is 3.65. The first kappa shape index (κ1) is 13.0. The number of nitrogens with zero attached hydrogens (tertiary/aromatic N) is 2. The topological polar surface area (TPSA) is 70.5 Å². The lowest BCUT2D eigenvalue weighted by molar-refractivity contribution is 0.0687. The predicted molar refractivity (Wildman–Crippen MR) is 69.7 cm³/mol. The Morgan fingerprint density at radius 1 is 1.44 bits per heavy atom. The van der Waals surface area contributed by atoms with Gasteiger partial charge >= 0.3 is 5.97 Å². The van der Waals surface area contributed by atoms with E-state index in [0.717, 1.165) is 19.4 Å². The molecule has 1 N–H and O–H groups in total. The standard InChI is InChI=1S/C12H16N2O3S/c1-7-5-3-4-6-14(7)12-13-9(11(16)17)10(18-12)8(2)15/h7H,3-6H2,1-2H3,(H,16,17). The van der Waals surface area contributed by atoms with Gasteiger partial charge in [0, 0.05) is 19.5 Å². The molecular weight excluding hydrogens is 252 g/mol. The molecule has 2 rings (SSSR count). The maximum Gasteiger partial charge on any atom is 0.356 e. The highest BCUT2D eigenvalue weighted by molar-refractivity contribution is 7.17. The molecule has 18 heavy (non-hydrogen) atoms. The van der Waals surface area contributed by atoms with Crippen LogP contribution in [0, 0.1) is 0 Å². The van der Waals surface area contributed by atoms with Crippen LogP contribution in [-0.4, -0.2) is 34.4 Å². The molecule has 1 aromatic heterocycles. The summed E-state index contributed by atoms with van der Waals surface area (Å²) in [7, 11) is 0. The molecule has 1 saturated heterocycles. The number of ketones is 1. The zero-order chi connectivity index (χ0) is 13.3. The van der Waals surface area contributed by atoms with Crippen LogP contribution in [0.4, 0.5) is 5.13 Å². The van der Waals surface area contributed by atoms with Crippen molar-refractivity contribution in [2.75, 3.05) is 11.4 Å². The number of carboxylic acids is 1. The van der Waals surface area contributed by atoms with E-state index in [9.17, 15) is 9.59 Å². The molecule has 0 saturated carbocycles. The van der Waals surface area contributed by atoms with Gasteiger partial charge in [-0.15, -0.1) is 0 Å². The van der Waals surface area contributed by atoms with Crippen LogP contribution in [0.3, 0.4) is 0 Å². The number of carboxylic acid groups (broad SMARTS) is 1. The smallest absolute Gasteiger partial charge is 0.356 e. The maximum atomic E-state index is 11.4. The number of aromatic nitrogens is 1. The summed E-state index contributed by atoms with van der Waals surface area (Å²) in [5.74, 6) is -1.37. The second kappa shape index (κ2) is 5.06. The van der Waals surface area contributed by atoms with E-state index in [0.29, 0.717) is 11.2 Å². The van der Waals surface area contributed by atoms with Gasteiger partial charge in [0.05, 0.1) is 0 Å². The minimum Gasteiger partial charge on any atom is -0.476 e. The molecule has 1 aliphatic rings. The highest BCUT2D eigenvalue weighted by Gasteiger charge is 2.26. The van der Waals surface area contributed by atoms with Crippen molar-refractivity contribution in [3.05, 3.63) is 10.6 Å². The number of rotatable bonds is 3. The van der Waals surface area contributed by atoms with Gasteiger partial charge in [0.1, 0.15) is 4.88 Å². The number of carbonyl (C=O) groups is 2. The van der Waals surface area contributed by atoms with E-state index in [1.165, 1.54) is 24.7 Å². The van der Waals surface area contributed by atoms with Crippen molar-refractivity contribution < 1.29 is 14.7 Å². The van der Waals surface area contributed by atoms with Crippen molar-refractivity contribution >= 4 is 28.2 Å². The molecule has 0 bridgehead atoms. The lowest BCUT2D eigenvalue weighted by Gasteiger charge is -2.32. The third kappa shape index (κ3) is 2.38. The molecule has 2 heterocycles. The predicted octanol–water partition coefficient (Wildman–Crippen LogP) is 2.42. The fraction of sp³-hybridized carbons (Fsp3) is 0.583. The summed E-state index contributed by atoms with van der Waals surface area (Å²) in [6.07, 6.45) is 3.35. The normalized spacial score (nSPS) is 19.9. The van der Waals surface area contributed by atoms with E-state index in [2.05, 4.69) is 16.8 Å².